The summed E-state index contributed by atoms with van der Waals surface area (Å²) in [5, 5.41) is 3.86. The van der Waals surface area contributed by atoms with Gasteiger partial charge < -0.3 is 10.1 Å². The zero-order valence-corrected chi connectivity index (χ0v) is 15.7. The molecule has 0 heterocycles. The second kappa shape index (κ2) is 9.21. The number of ether oxygens (including phenoxy) is 1. The predicted octanol–water partition coefficient (Wildman–Crippen LogP) is 5.76. The van der Waals surface area contributed by atoms with Crippen molar-refractivity contribution < 1.29 is 9.53 Å². The first-order valence-corrected chi connectivity index (χ1v) is 8.92. The zero-order chi connectivity index (χ0) is 19.1. The minimum atomic E-state index is -0.281. The smallest absolute Gasteiger partial charge is 0.262 e. The molecule has 0 aliphatic heterocycles. The number of carbonyl (C=O) groups excluding carboxylic acids is 1. The van der Waals surface area contributed by atoms with Crippen molar-refractivity contribution in [2.45, 2.75) is 0 Å². The molecule has 0 bridgehead atoms. The number of aliphatic imine (C=N–C) groups is 1. The lowest BCUT2D eigenvalue weighted by molar-refractivity contribution is -0.118. The number of para-hydroxylation sites is 1. The molecule has 0 aliphatic carbocycles. The van der Waals surface area contributed by atoms with Crippen molar-refractivity contribution in [3.8, 4) is 5.75 Å². The highest BCUT2D eigenvalue weighted by Gasteiger charge is 2.06. The SMILES string of the molecule is O=C(COc1ccc(C=Nc2ccc(Cl)cc2)cc1)Nc1ccccc1Cl. The third kappa shape index (κ3) is 5.84. The summed E-state index contributed by atoms with van der Waals surface area (Å²) in [6, 6.07) is 21.6. The summed E-state index contributed by atoms with van der Waals surface area (Å²) < 4.78 is 5.50. The number of hydrogen-bond donors (Lipinski definition) is 1. The molecule has 0 saturated heterocycles. The van der Waals surface area contributed by atoms with Gasteiger partial charge in [0.15, 0.2) is 6.61 Å². The largest absolute Gasteiger partial charge is 0.484 e. The van der Waals surface area contributed by atoms with Crippen molar-refractivity contribution in [1.29, 1.82) is 0 Å². The van der Waals surface area contributed by atoms with E-state index in [1.54, 1.807) is 54.7 Å². The molecule has 27 heavy (non-hydrogen) atoms. The highest BCUT2D eigenvalue weighted by atomic mass is 35.5. The fraction of sp³-hybridized carbons (Fsp3) is 0.0476. The van der Waals surface area contributed by atoms with Crippen molar-refractivity contribution in [1.82, 2.24) is 0 Å². The maximum absolute atomic E-state index is 12.0. The van der Waals surface area contributed by atoms with Gasteiger partial charge in [0.1, 0.15) is 5.75 Å². The van der Waals surface area contributed by atoms with Crippen LogP contribution in [-0.4, -0.2) is 18.7 Å². The Balaban J connectivity index is 1.52. The van der Waals surface area contributed by atoms with Gasteiger partial charge in [-0.05, 0) is 66.2 Å². The van der Waals surface area contributed by atoms with Gasteiger partial charge in [-0.25, -0.2) is 0 Å². The fourth-order valence-corrected chi connectivity index (χ4v) is 2.53. The molecule has 3 rings (SSSR count). The van der Waals surface area contributed by atoms with Crippen LogP contribution in [0.3, 0.4) is 0 Å². The molecular formula is C21H16Cl2N2O2. The minimum absolute atomic E-state index is 0.108. The van der Waals surface area contributed by atoms with Crippen LogP contribution in [0.2, 0.25) is 10.0 Å². The van der Waals surface area contributed by atoms with Crippen LogP contribution in [0.5, 0.6) is 5.75 Å². The molecule has 0 spiro atoms. The van der Waals surface area contributed by atoms with Crippen molar-refractivity contribution in [2.75, 3.05) is 11.9 Å². The van der Waals surface area contributed by atoms with E-state index in [4.69, 9.17) is 27.9 Å². The van der Waals surface area contributed by atoms with Crippen LogP contribution in [0.15, 0.2) is 77.8 Å². The molecule has 3 aromatic rings. The van der Waals surface area contributed by atoms with Crippen LogP contribution < -0.4 is 10.1 Å². The van der Waals surface area contributed by atoms with E-state index in [0.717, 1.165) is 11.3 Å². The molecular weight excluding hydrogens is 383 g/mol. The Bertz CT molecular complexity index is 939. The number of rotatable bonds is 6. The summed E-state index contributed by atoms with van der Waals surface area (Å²) in [7, 11) is 0. The van der Waals surface area contributed by atoms with E-state index < -0.39 is 0 Å². The van der Waals surface area contributed by atoms with E-state index >= 15 is 0 Å². The molecule has 0 atom stereocenters. The first kappa shape index (κ1) is 19.0. The number of anilines is 1. The Hall–Kier alpha value is -2.82. The Labute approximate surface area is 167 Å². The Morgan fingerprint density at radius 3 is 2.37 bits per heavy atom. The topological polar surface area (TPSA) is 50.7 Å². The first-order valence-electron chi connectivity index (χ1n) is 8.17. The quantitative estimate of drug-likeness (QED) is 0.536. The van der Waals surface area contributed by atoms with E-state index in [9.17, 15) is 4.79 Å². The minimum Gasteiger partial charge on any atom is -0.484 e. The normalized spacial score (nSPS) is 10.7. The van der Waals surface area contributed by atoms with Gasteiger partial charge in [0.2, 0.25) is 0 Å². The molecule has 0 radical (unpaired) electrons. The van der Waals surface area contributed by atoms with Crippen molar-refractivity contribution in [2.24, 2.45) is 4.99 Å². The lowest BCUT2D eigenvalue weighted by Gasteiger charge is -2.08. The zero-order valence-electron chi connectivity index (χ0n) is 14.2. The number of carbonyl (C=O) groups is 1. The number of nitrogens with one attached hydrogen (secondary N) is 1. The summed E-state index contributed by atoms with van der Waals surface area (Å²) in [4.78, 5) is 16.3. The highest BCUT2D eigenvalue weighted by Crippen LogP contribution is 2.20. The number of hydrogen-bond acceptors (Lipinski definition) is 3. The standard InChI is InChI=1S/C21H16Cl2N2O2/c22-16-7-9-17(10-8-16)24-13-15-5-11-18(12-6-15)27-14-21(26)25-20-4-2-1-3-19(20)23/h1-13H,14H2,(H,25,26). The molecule has 3 aromatic carbocycles. The van der Waals surface area contributed by atoms with E-state index in [-0.39, 0.29) is 12.5 Å². The number of benzene rings is 3. The van der Waals surface area contributed by atoms with Gasteiger partial charge in [-0.1, -0.05) is 35.3 Å². The van der Waals surface area contributed by atoms with Crippen LogP contribution in [0.1, 0.15) is 5.56 Å². The Morgan fingerprint density at radius 1 is 0.963 bits per heavy atom. The van der Waals surface area contributed by atoms with Crippen LogP contribution in [0, 0.1) is 0 Å². The highest BCUT2D eigenvalue weighted by molar-refractivity contribution is 6.33. The number of halogens is 2. The summed E-state index contributed by atoms with van der Waals surface area (Å²) in [6.07, 6.45) is 1.75. The molecule has 136 valence electrons. The van der Waals surface area contributed by atoms with Crippen LogP contribution >= 0.6 is 23.2 Å². The summed E-state index contributed by atoms with van der Waals surface area (Å²) in [6.45, 7) is -0.108. The van der Waals surface area contributed by atoms with Crippen molar-refractivity contribution in [3.05, 3.63) is 88.4 Å². The second-order valence-electron chi connectivity index (χ2n) is 5.62. The van der Waals surface area contributed by atoms with E-state index in [2.05, 4.69) is 10.3 Å². The molecule has 6 heteroatoms. The van der Waals surface area contributed by atoms with Gasteiger partial charge >= 0.3 is 0 Å². The third-order valence-electron chi connectivity index (χ3n) is 3.59. The van der Waals surface area contributed by atoms with Gasteiger partial charge in [0.25, 0.3) is 5.91 Å². The van der Waals surface area contributed by atoms with Gasteiger partial charge in [-0.3, -0.25) is 9.79 Å². The third-order valence-corrected chi connectivity index (χ3v) is 4.17. The molecule has 1 amide bonds. The van der Waals surface area contributed by atoms with E-state index in [1.165, 1.54) is 0 Å². The van der Waals surface area contributed by atoms with Crippen LogP contribution in [0.4, 0.5) is 11.4 Å². The summed E-state index contributed by atoms with van der Waals surface area (Å²) in [5.74, 6) is 0.310. The van der Waals surface area contributed by atoms with Gasteiger partial charge in [-0.15, -0.1) is 0 Å². The monoisotopic (exact) mass is 398 g/mol. The maximum Gasteiger partial charge on any atom is 0.262 e. The average Bonchev–Trinajstić information content (AvgIpc) is 2.68. The molecule has 0 fully saturated rings. The summed E-state index contributed by atoms with van der Waals surface area (Å²) >= 11 is 11.9. The lowest BCUT2D eigenvalue weighted by atomic mass is 10.2. The predicted molar refractivity (Wildman–Crippen MR) is 111 cm³/mol. The van der Waals surface area contributed by atoms with E-state index in [1.807, 2.05) is 24.3 Å². The van der Waals surface area contributed by atoms with Crippen molar-refractivity contribution >= 4 is 46.7 Å². The Kier molecular flexibility index (Phi) is 6.47. The lowest BCUT2D eigenvalue weighted by Crippen LogP contribution is -2.20. The Morgan fingerprint density at radius 2 is 1.67 bits per heavy atom. The van der Waals surface area contributed by atoms with Gasteiger partial charge in [0.05, 0.1) is 16.4 Å². The molecule has 0 saturated carbocycles. The first-order chi connectivity index (χ1) is 13.1. The molecule has 0 unspecified atom stereocenters. The fourth-order valence-electron chi connectivity index (χ4n) is 2.22. The maximum atomic E-state index is 12.0. The number of nitrogens with zero attached hydrogens (tertiary/aromatic N) is 1. The molecule has 0 aromatic heterocycles. The second-order valence-corrected chi connectivity index (χ2v) is 6.46. The molecule has 4 nitrogen and oxygen atoms in total. The summed E-state index contributed by atoms with van der Waals surface area (Å²) in [5.41, 5.74) is 2.29. The van der Waals surface area contributed by atoms with Crippen LogP contribution in [0.25, 0.3) is 0 Å². The van der Waals surface area contributed by atoms with E-state index in [0.29, 0.717) is 21.5 Å². The average molecular weight is 399 g/mol. The van der Waals surface area contributed by atoms with Gasteiger partial charge in [0, 0.05) is 11.2 Å². The molecule has 0 aliphatic rings. The number of amides is 1. The van der Waals surface area contributed by atoms with Crippen LogP contribution in [-0.2, 0) is 4.79 Å². The van der Waals surface area contributed by atoms with Crippen molar-refractivity contribution in [3.63, 3.8) is 0 Å². The molecule has 1 N–H and O–H groups in total. The van der Waals surface area contributed by atoms with Gasteiger partial charge in [-0.2, -0.15) is 0 Å².